The fraction of sp³-hybridized carbons (Fsp3) is 0.667. The number of rotatable bonds is 4. The first-order valence-corrected chi connectivity index (χ1v) is 8.37. The summed E-state index contributed by atoms with van der Waals surface area (Å²) in [6, 6.07) is 0. The Morgan fingerprint density at radius 1 is 1.40 bits per heavy atom. The molecule has 2 heterocycles. The Balaban J connectivity index is 2.31. The summed E-state index contributed by atoms with van der Waals surface area (Å²) in [6.45, 7) is 3.30. The second-order valence-corrected chi connectivity index (χ2v) is 7.79. The van der Waals surface area contributed by atoms with Crippen LogP contribution in [0.15, 0.2) is 0 Å². The van der Waals surface area contributed by atoms with Crippen molar-refractivity contribution < 1.29 is 22.1 Å². The third-order valence-corrected chi connectivity index (χ3v) is 5.00. The molecular formula is C9H12Cl2N2O5S2. The van der Waals surface area contributed by atoms with Gasteiger partial charge in [-0.2, -0.15) is 13.1 Å². The molecule has 1 saturated heterocycles. The minimum absolute atomic E-state index is 0.146. The van der Waals surface area contributed by atoms with Crippen molar-refractivity contribution in [3.63, 3.8) is 0 Å². The highest BCUT2D eigenvalue weighted by Crippen LogP contribution is 2.43. The summed E-state index contributed by atoms with van der Waals surface area (Å²) in [7, 11) is -2.91. The van der Waals surface area contributed by atoms with Gasteiger partial charge in [-0.15, -0.1) is 11.3 Å². The van der Waals surface area contributed by atoms with Crippen molar-refractivity contribution in [3.8, 4) is 0 Å². The van der Waals surface area contributed by atoms with Gasteiger partial charge in [0, 0.05) is 0 Å². The van der Waals surface area contributed by atoms with Crippen LogP contribution >= 0.6 is 34.5 Å². The van der Waals surface area contributed by atoms with Gasteiger partial charge in [0.25, 0.3) is 0 Å². The molecule has 1 fully saturated rings. The minimum Gasteiger partial charge on any atom is -0.337 e. The van der Waals surface area contributed by atoms with Gasteiger partial charge in [-0.1, -0.05) is 23.2 Å². The summed E-state index contributed by atoms with van der Waals surface area (Å²) >= 11 is 12.8. The Labute approximate surface area is 130 Å². The number of halogens is 2. The summed E-state index contributed by atoms with van der Waals surface area (Å²) < 4.78 is 40.9. The number of nitrogens with one attached hydrogen (secondary N) is 1. The van der Waals surface area contributed by atoms with Crippen LogP contribution in [0.1, 0.15) is 24.8 Å². The lowest BCUT2D eigenvalue weighted by atomic mass is 10.3. The molecule has 0 radical (unpaired) electrons. The van der Waals surface area contributed by atoms with Gasteiger partial charge in [0.2, 0.25) is 0 Å². The van der Waals surface area contributed by atoms with Crippen molar-refractivity contribution in [1.29, 1.82) is 0 Å². The highest BCUT2D eigenvalue weighted by Gasteiger charge is 2.45. The standard InChI is InChI=1S/C9H12Cl2N2O5S2/c1-9(2)17-4(5-6(10)12-8(11)19-5)7(18-9)13-20(14,15)16-3/h4,7,13H,1-3H3/t4-,7-/m0/s1. The van der Waals surface area contributed by atoms with E-state index in [1.807, 2.05) is 0 Å². The molecule has 20 heavy (non-hydrogen) atoms. The maximum absolute atomic E-state index is 11.5. The van der Waals surface area contributed by atoms with Gasteiger partial charge in [0.1, 0.15) is 11.3 Å². The Morgan fingerprint density at radius 2 is 2.05 bits per heavy atom. The molecule has 1 aromatic heterocycles. The van der Waals surface area contributed by atoms with E-state index in [-0.39, 0.29) is 9.62 Å². The van der Waals surface area contributed by atoms with Crippen molar-refractivity contribution in [3.05, 3.63) is 14.5 Å². The van der Waals surface area contributed by atoms with Gasteiger partial charge >= 0.3 is 10.3 Å². The fourth-order valence-corrected chi connectivity index (χ4v) is 3.72. The quantitative estimate of drug-likeness (QED) is 0.882. The molecule has 2 rings (SSSR count). The van der Waals surface area contributed by atoms with Crippen LogP contribution in [-0.2, 0) is 24.0 Å². The van der Waals surface area contributed by atoms with Crippen LogP contribution < -0.4 is 4.72 Å². The Morgan fingerprint density at radius 3 is 2.55 bits per heavy atom. The number of thiazole rings is 1. The minimum atomic E-state index is -3.95. The second kappa shape index (κ2) is 5.65. The average molecular weight is 363 g/mol. The molecule has 11 heteroatoms. The lowest BCUT2D eigenvalue weighted by Crippen LogP contribution is -2.39. The maximum atomic E-state index is 11.5. The number of nitrogens with zero attached hydrogens (tertiary/aromatic N) is 1. The zero-order chi connectivity index (χ0) is 15.1. The monoisotopic (exact) mass is 362 g/mol. The van der Waals surface area contributed by atoms with Crippen molar-refractivity contribution in [2.24, 2.45) is 0 Å². The first-order valence-electron chi connectivity index (χ1n) is 5.39. The second-order valence-electron chi connectivity index (χ2n) is 4.34. The SMILES string of the molecule is COS(=O)(=O)N[C@H]1OC(C)(C)O[C@H]1c1sc(Cl)nc1Cl. The van der Waals surface area contributed by atoms with E-state index in [0.29, 0.717) is 4.88 Å². The summed E-state index contributed by atoms with van der Waals surface area (Å²) in [5.74, 6) is -0.995. The molecule has 0 aromatic carbocycles. The molecule has 7 nitrogen and oxygen atoms in total. The highest BCUT2D eigenvalue weighted by molar-refractivity contribution is 7.84. The predicted molar refractivity (Wildman–Crippen MR) is 74.0 cm³/mol. The van der Waals surface area contributed by atoms with E-state index >= 15 is 0 Å². The molecule has 1 N–H and O–H groups in total. The molecule has 0 spiro atoms. The van der Waals surface area contributed by atoms with Crippen molar-refractivity contribution in [2.75, 3.05) is 7.11 Å². The van der Waals surface area contributed by atoms with Gasteiger partial charge in [0.15, 0.2) is 16.5 Å². The van der Waals surface area contributed by atoms with Crippen LogP contribution in [0.3, 0.4) is 0 Å². The first-order chi connectivity index (χ1) is 9.13. The molecular weight excluding hydrogens is 351 g/mol. The molecule has 0 unspecified atom stereocenters. The third kappa shape index (κ3) is 3.60. The van der Waals surface area contributed by atoms with Crippen molar-refractivity contribution >= 4 is 44.8 Å². The van der Waals surface area contributed by atoms with Crippen LogP contribution in [0.4, 0.5) is 0 Å². The largest absolute Gasteiger partial charge is 0.337 e. The molecule has 1 aromatic rings. The number of ether oxygens (including phenoxy) is 2. The van der Waals surface area contributed by atoms with Gasteiger partial charge in [0.05, 0.1) is 12.0 Å². The van der Waals surface area contributed by atoms with E-state index in [0.717, 1.165) is 18.4 Å². The first kappa shape index (κ1) is 16.4. The average Bonchev–Trinajstić information content (AvgIpc) is 2.77. The molecule has 114 valence electrons. The van der Waals surface area contributed by atoms with Crippen molar-refractivity contribution in [2.45, 2.75) is 32.0 Å². The van der Waals surface area contributed by atoms with E-state index in [2.05, 4.69) is 13.9 Å². The zero-order valence-corrected chi connectivity index (χ0v) is 13.9. The summed E-state index contributed by atoms with van der Waals surface area (Å²) in [6.07, 6.45) is -1.77. The van der Waals surface area contributed by atoms with E-state index in [9.17, 15) is 8.42 Å². The fourth-order valence-electron chi connectivity index (χ4n) is 1.69. The molecule has 0 aliphatic carbocycles. The Kier molecular flexibility index (Phi) is 4.63. The zero-order valence-electron chi connectivity index (χ0n) is 10.7. The summed E-state index contributed by atoms with van der Waals surface area (Å²) in [4.78, 5) is 4.34. The van der Waals surface area contributed by atoms with E-state index in [4.69, 9.17) is 32.7 Å². The molecule has 0 amide bonds. The number of hydrogen-bond donors (Lipinski definition) is 1. The number of hydrogen-bond acceptors (Lipinski definition) is 7. The maximum Gasteiger partial charge on any atom is 0.337 e. The van der Waals surface area contributed by atoms with Gasteiger partial charge < -0.3 is 9.47 Å². The molecule has 1 aliphatic heterocycles. The van der Waals surface area contributed by atoms with Crippen LogP contribution in [0.2, 0.25) is 9.62 Å². The predicted octanol–water partition coefficient (Wildman–Crippen LogP) is 2.08. The molecule has 0 saturated carbocycles. The van der Waals surface area contributed by atoms with Crippen LogP contribution in [0, 0.1) is 0 Å². The molecule has 1 aliphatic rings. The van der Waals surface area contributed by atoms with Crippen LogP contribution in [-0.4, -0.2) is 32.5 Å². The lowest BCUT2D eigenvalue weighted by Gasteiger charge is -2.16. The van der Waals surface area contributed by atoms with Crippen molar-refractivity contribution in [1.82, 2.24) is 9.71 Å². The highest BCUT2D eigenvalue weighted by atomic mass is 35.5. The van der Waals surface area contributed by atoms with Crippen LogP contribution in [0.25, 0.3) is 0 Å². The Hall–Kier alpha value is -0.000000000000000167. The summed E-state index contributed by atoms with van der Waals surface area (Å²) in [5.41, 5.74) is 0. The van der Waals surface area contributed by atoms with Gasteiger partial charge in [-0.25, -0.2) is 4.98 Å². The molecule has 2 atom stereocenters. The van der Waals surface area contributed by atoms with Gasteiger partial charge in [-0.05, 0) is 13.8 Å². The van der Waals surface area contributed by atoms with Gasteiger partial charge in [-0.3, -0.25) is 4.18 Å². The van der Waals surface area contributed by atoms with E-state index in [1.54, 1.807) is 13.8 Å². The Bertz CT molecular complexity index is 603. The normalized spacial score (nSPS) is 26.1. The smallest absolute Gasteiger partial charge is 0.337 e. The lowest BCUT2D eigenvalue weighted by molar-refractivity contribution is -0.147. The molecule has 0 bridgehead atoms. The topological polar surface area (TPSA) is 86.8 Å². The number of aromatic nitrogens is 1. The van der Waals surface area contributed by atoms with Crippen LogP contribution in [0.5, 0.6) is 0 Å². The summed E-state index contributed by atoms with van der Waals surface area (Å²) in [5, 5.41) is 0.146. The van der Waals surface area contributed by atoms with E-state index < -0.39 is 28.4 Å². The van der Waals surface area contributed by atoms with E-state index in [1.165, 1.54) is 0 Å². The third-order valence-electron chi connectivity index (χ3n) is 2.42.